The number of hydrogen-bond acceptors (Lipinski definition) is 3. The van der Waals surface area contributed by atoms with E-state index in [-0.39, 0.29) is 11.0 Å². The second kappa shape index (κ2) is 6.21. The lowest BCUT2D eigenvalue weighted by molar-refractivity contribution is -0.0839. The van der Waals surface area contributed by atoms with E-state index in [4.69, 9.17) is 21.3 Å². The van der Waals surface area contributed by atoms with Crippen molar-refractivity contribution in [3.05, 3.63) is 22.7 Å². The Labute approximate surface area is 133 Å². The van der Waals surface area contributed by atoms with E-state index >= 15 is 0 Å². The highest BCUT2D eigenvalue weighted by atomic mass is 35.5. The Balaban J connectivity index is 2.43. The lowest BCUT2D eigenvalue weighted by Gasteiger charge is -2.38. The molecule has 1 heterocycles. The predicted molar refractivity (Wildman–Crippen MR) is 86.7 cm³/mol. The standard InChI is InChI=1S/C17H27ClN2O/c1-6-21-17(9-7-12(2)8-10-17)15-19-13(16(3,4)5)11-14(18)20-15/h11-12H,6-10H2,1-5H3. The van der Waals surface area contributed by atoms with Crippen LogP contribution in [0.1, 0.15) is 71.8 Å². The lowest BCUT2D eigenvalue weighted by atomic mass is 9.78. The molecule has 4 heteroatoms. The number of nitrogens with zero attached hydrogens (tertiary/aromatic N) is 2. The van der Waals surface area contributed by atoms with E-state index in [1.165, 1.54) is 0 Å². The third-order valence-corrected chi connectivity index (χ3v) is 4.57. The summed E-state index contributed by atoms with van der Waals surface area (Å²) in [7, 11) is 0. The van der Waals surface area contributed by atoms with Crippen molar-refractivity contribution >= 4 is 11.6 Å². The van der Waals surface area contributed by atoms with Crippen molar-refractivity contribution in [1.29, 1.82) is 0 Å². The zero-order valence-electron chi connectivity index (χ0n) is 13.9. The molecule has 0 amide bonds. The molecule has 2 rings (SSSR count). The molecule has 0 aromatic carbocycles. The van der Waals surface area contributed by atoms with E-state index in [0.29, 0.717) is 11.8 Å². The quantitative estimate of drug-likeness (QED) is 0.747. The van der Waals surface area contributed by atoms with Gasteiger partial charge < -0.3 is 4.74 Å². The minimum absolute atomic E-state index is 0.0449. The SMILES string of the molecule is CCOC1(c2nc(Cl)cc(C(C)(C)C)n2)CCC(C)CC1. The van der Waals surface area contributed by atoms with Crippen molar-refractivity contribution < 1.29 is 4.74 Å². The fraction of sp³-hybridized carbons (Fsp3) is 0.765. The molecular weight excluding hydrogens is 284 g/mol. The fourth-order valence-electron chi connectivity index (χ4n) is 2.94. The van der Waals surface area contributed by atoms with E-state index in [9.17, 15) is 0 Å². The van der Waals surface area contributed by atoms with E-state index in [1.54, 1.807) is 0 Å². The van der Waals surface area contributed by atoms with E-state index < -0.39 is 0 Å². The summed E-state index contributed by atoms with van der Waals surface area (Å²) >= 11 is 6.26. The Morgan fingerprint density at radius 1 is 1.29 bits per heavy atom. The summed E-state index contributed by atoms with van der Waals surface area (Å²) in [5.74, 6) is 1.52. The summed E-state index contributed by atoms with van der Waals surface area (Å²) in [5, 5.41) is 0.516. The molecule has 0 unspecified atom stereocenters. The van der Waals surface area contributed by atoms with Gasteiger partial charge in [-0.25, -0.2) is 9.97 Å². The molecule has 0 atom stereocenters. The molecule has 1 aromatic heterocycles. The Bertz CT molecular complexity index is 488. The first-order chi connectivity index (χ1) is 9.77. The van der Waals surface area contributed by atoms with Crippen LogP contribution in [0.15, 0.2) is 6.07 Å². The van der Waals surface area contributed by atoms with Gasteiger partial charge in [-0.1, -0.05) is 39.3 Å². The molecule has 0 saturated heterocycles. The highest BCUT2D eigenvalue weighted by Crippen LogP contribution is 2.41. The van der Waals surface area contributed by atoms with Crippen LogP contribution in [0.2, 0.25) is 5.15 Å². The maximum Gasteiger partial charge on any atom is 0.162 e. The van der Waals surface area contributed by atoms with Crippen molar-refractivity contribution in [3.8, 4) is 0 Å². The van der Waals surface area contributed by atoms with Crippen LogP contribution in [0.4, 0.5) is 0 Å². The Hall–Kier alpha value is -0.670. The first-order valence-electron chi connectivity index (χ1n) is 7.96. The zero-order valence-corrected chi connectivity index (χ0v) is 14.6. The third kappa shape index (κ3) is 3.75. The second-order valence-electron chi connectivity index (χ2n) is 7.26. The number of rotatable bonds is 3. The van der Waals surface area contributed by atoms with Crippen LogP contribution in [0.5, 0.6) is 0 Å². The average Bonchev–Trinajstić information content (AvgIpc) is 2.40. The normalized spacial score (nSPS) is 26.9. The molecule has 3 nitrogen and oxygen atoms in total. The minimum Gasteiger partial charge on any atom is -0.367 e. The maximum absolute atomic E-state index is 6.26. The molecule has 0 N–H and O–H groups in total. The molecule has 21 heavy (non-hydrogen) atoms. The molecule has 0 bridgehead atoms. The van der Waals surface area contributed by atoms with Gasteiger partial charge in [-0.2, -0.15) is 0 Å². The van der Waals surface area contributed by atoms with Crippen LogP contribution >= 0.6 is 11.6 Å². The summed E-state index contributed by atoms with van der Waals surface area (Å²) in [6.45, 7) is 11.4. The molecule has 118 valence electrons. The summed E-state index contributed by atoms with van der Waals surface area (Å²) in [4.78, 5) is 9.34. The molecule has 1 aliphatic rings. The number of aromatic nitrogens is 2. The van der Waals surface area contributed by atoms with Gasteiger partial charge in [-0.05, 0) is 44.6 Å². The zero-order chi connectivity index (χ0) is 15.7. The van der Waals surface area contributed by atoms with Gasteiger partial charge in [0, 0.05) is 12.0 Å². The molecule has 0 spiro atoms. The van der Waals surface area contributed by atoms with Crippen LogP contribution in [0.3, 0.4) is 0 Å². The van der Waals surface area contributed by atoms with E-state index in [1.807, 2.05) is 13.0 Å². The Morgan fingerprint density at radius 3 is 2.43 bits per heavy atom. The maximum atomic E-state index is 6.26. The molecule has 1 aliphatic carbocycles. The molecular formula is C17H27ClN2O. The lowest BCUT2D eigenvalue weighted by Crippen LogP contribution is -2.37. The molecule has 0 aliphatic heterocycles. The van der Waals surface area contributed by atoms with Crippen molar-refractivity contribution in [2.24, 2.45) is 5.92 Å². The van der Waals surface area contributed by atoms with Crippen LogP contribution in [0.25, 0.3) is 0 Å². The number of hydrogen-bond donors (Lipinski definition) is 0. The first-order valence-corrected chi connectivity index (χ1v) is 8.34. The molecule has 1 aromatic rings. The summed E-state index contributed by atoms with van der Waals surface area (Å²) in [6.07, 6.45) is 4.26. The second-order valence-corrected chi connectivity index (χ2v) is 7.65. The Kier molecular flexibility index (Phi) is 4.94. The fourth-order valence-corrected chi connectivity index (χ4v) is 3.13. The van der Waals surface area contributed by atoms with E-state index in [2.05, 4.69) is 32.7 Å². The predicted octanol–water partition coefficient (Wildman–Crippen LogP) is 4.87. The van der Waals surface area contributed by atoms with Gasteiger partial charge in [-0.15, -0.1) is 0 Å². The third-order valence-electron chi connectivity index (χ3n) is 4.37. The highest BCUT2D eigenvalue weighted by Gasteiger charge is 2.40. The summed E-state index contributed by atoms with van der Waals surface area (Å²) < 4.78 is 6.14. The monoisotopic (exact) mass is 310 g/mol. The van der Waals surface area contributed by atoms with Crippen LogP contribution < -0.4 is 0 Å². The summed E-state index contributed by atoms with van der Waals surface area (Å²) in [6, 6.07) is 1.87. The Morgan fingerprint density at radius 2 is 1.90 bits per heavy atom. The number of halogens is 1. The van der Waals surface area contributed by atoms with Gasteiger partial charge in [0.25, 0.3) is 0 Å². The van der Waals surface area contributed by atoms with Gasteiger partial charge in [0.2, 0.25) is 0 Å². The topological polar surface area (TPSA) is 35.0 Å². The largest absolute Gasteiger partial charge is 0.367 e. The van der Waals surface area contributed by atoms with Crippen molar-refractivity contribution in [3.63, 3.8) is 0 Å². The van der Waals surface area contributed by atoms with Crippen molar-refractivity contribution in [2.75, 3.05) is 6.61 Å². The number of ether oxygens (including phenoxy) is 1. The van der Waals surface area contributed by atoms with Gasteiger partial charge in [0.1, 0.15) is 10.8 Å². The van der Waals surface area contributed by atoms with Gasteiger partial charge in [0.15, 0.2) is 5.82 Å². The average molecular weight is 311 g/mol. The van der Waals surface area contributed by atoms with Gasteiger partial charge in [-0.3, -0.25) is 0 Å². The van der Waals surface area contributed by atoms with Crippen LogP contribution in [-0.2, 0) is 15.8 Å². The summed E-state index contributed by atoms with van der Waals surface area (Å²) in [5.41, 5.74) is 0.582. The minimum atomic E-state index is -0.355. The van der Waals surface area contributed by atoms with Crippen molar-refractivity contribution in [2.45, 2.75) is 71.3 Å². The van der Waals surface area contributed by atoms with Gasteiger partial charge >= 0.3 is 0 Å². The van der Waals surface area contributed by atoms with Gasteiger partial charge in [0.05, 0.1) is 5.69 Å². The molecule has 1 fully saturated rings. The van der Waals surface area contributed by atoms with Crippen LogP contribution in [-0.4, -0.2) is 16.6 Å². The van der Waals surface area contributed by atoms with E-state index in [0.717, 1.165) is 43.1 Å². The molecule has 0 radical (unpaired) electrons. The smallest absolute Gasteiger partial charge is 0.162 e. The highest BCUT2D eigenvalue weighted by molar-refractivity contribution is 6.29. The molecule has 1 saturated carbocycles. The van der Waals surface area contributed by atoms with Crippen molar-refractivity contribution in [1.82, 2.24) is 9.97 Å². The first kappa shape index (κ1) is 16.7. The van der Waals surface area contributed by atoms with Crippen LogP contribution in [0, 0.1) is 5.92 Å².